The highest BCUT2D eigenvalue weighted by Crippen LogP contribution is 2.17. The van der Waals surface area contributed by atoms with E-state index in [1.807, 2.05) is 6.07 Å². The molecule has 3 nitrogen and oxygen atoms in total. The molecule has 0 saturated carbocycles. The molecular formula is C12H12ClFN2O. The molecule has 0 fully saturated rings. The van der Waals surface area contributed by atoms with Gasteiger partial charge in [-0.25, -0.2) is 4.39 Å². The lowest BCUT2D eigenvalue weighted by Crippen LogP contribution is -2.25. The van der Waals surface area contributed by atoms with Gasteiger partial charge in [-0.3, -0.25) is 4.79 Å². The maximum absolute atomic E-state index is 13.4. The number of nitrogens with zero attached hydrogens (tertiary/aromatic N) is 1. The van der Waals surface area contributed by atoms with Gasteiger partial charge >= 0.3 is 0 Å². The SMILES string of the molecule is N#CCCCCNC(=O)c1cccc(Cl)c1F. The summed E-state index contributed by atoms with van der Waals surface area (Å²) in [5.74, 6) is -1.19. The van der Waals surface area contributed by atoms with Gasteiger partial charge in [0.05, 0.1) is 16.7 Å². The minimum absolute atomic E-state index is 0.0576. The molecule has 90 valence electrons. The molecule has 0 unspecified atom stereocenters. The molecule has 1 aromatic rings. The van der Waals surface area contributed by atoms with Gasteiger partial charge in [-0.05, 0) is 25.0 Å². The van der Waals surface area contributed by atoms with E-state index in [1.165, 1.54) is 18.2 Å². The van der Waals surface area contributed by atoms with Gasteiger partial charge in [-0.2, -0.15) is 5.26 Å². The topological polar surface area (TPSA) is 52.9 Å². The molecule has 0 bridgehead atoms. The van der Waals surface area contributed by atoms with Crippen LogP contribution in [0.2, 0.25) is 5.02 Å². The number of benzene rings is 1. The van der Waals surface area contributed by atoms with Crippen molar-refractivity contribution in [2.75, 3.05) is 6.54 Å². The maximum Gasteiger partial charge on any atom is 0.254 e. The molecule has 1 N–H and O–H groups in total. The smallest absolute Gasteiger partial charge is 0.254 e. The average molecular weight is 255 g/mol. The third kappa shape index (κ3) is 4.04. The van der Waals surface area contributed by atoms with Crippen LogP contribution >= 0.6 is 11.6 Å². The Morgan fingerprint density at radius 2 is 2.24 bits per heavy atom. The Labute approximate surface area is 104 Å². The van der Waals surface area contributed by atoms with Crippen LogP contribution < -0.4 is 5.32 Å². The van der Waals surface area contributed by atoms with E-state index in [1.54, 1.807) is 0 Å². The van der Waals surface area contributed by atoms with E-state index in [-0.39, 0.29) is 10.6 Å². The summed E-state index contributed by atoms with van der Waals surface area (Å²) in [6.45, 7) is 0.423. The molecule has 0 aromatic heterocycles. The number of nitriles is 1. The summed E-state index contributed by atoms with van der Waals surface area (Å²) in [5.41, 5.74) is -0.0576. The largest absolute Gasteiger partial charge is 0.352 e. The minimum Gasteiger partial charge on any atom is -0.352 e. The average Bonchev–Trinajstić information content (AvgIpc) is 2.32. The molecule has 17 heavy (non-hydrogen) atoms. The molecule has 0 spiro atoms. The molecule has 0 radical (unpaired) electrons. The fourth-order valence-corrected chi connectivity index (χ4v) is 1.48. The summed E-state index contributed by atoms with van der Waals surface area (Å²) in [7, 11) is 0. The van der Waals surface area contributed by atoms with Crippen LogP contribution in [0.1, 0.15) is 29.6 Å². The van der Waals surface area contributed by atoms with E-state index in [0.717, 1.165) is 6.42 Å². The molecule has 0 atom stereocenters. The predicted molar refractivity (Wildman–Crippen MR) is 63.2 cm³/mol. The van der Waals surface area contributed by atoms with Gasteiger partial charge in [0.2, 0.25) is 0 Å². The highest BCUT2D eigenvalue weighted by molar-refractivity contribution is 6.31. The quantitative estimate of drug-likeness (QED) is 0.822. The molecule has 0 aliphatic rings. The number of hydrogen-bond donors (Lipinski definition) is 1. The number of nitrogens with one attached hydrogen (secondary N) is 1. The van der Waals surface area contributed by atoms with E-state index >= 15 is 0 Å². The van der Waals surface area contributed by atoms with Crippen molar-refractivity contribution >= 4 is 17.5 Å². The zero-order valence-electron chi connectivity index (χ0n) is 9.17. The van der Waals surface area contributed by atoms with Crippen molar-refractivity contribution in [2.24, 2.45) is 0 Å². The minimum atomic E-state index is -0.705. The molecular weight excluding hydrogens is 243 g/mol. The summed E-state index contributed by atoms with van der Waals surface area (Å²) in [5, 5.41) is 10.8. The summed E-state index contributed by atoms with van der Waals surface area (Å²) in [4.78, 5) is 11.6. The molecule has 1 rings (SSSR count). The van der Waals surface area contributed by atoms with Crippen molar-refractivity contribution in [3.05, 3.63) is 34.6 Å². The fraction of sp³-hybridized carbons (Fsp3) is 0.333. The molecule has 0 saturated heterocycles. The van der Waals surface area contributed by atoms with Crippen LogP contribution in [0.15, 0.2) is 18.2 Å². The van der Waals surface area contributed by atoms with Crippen molar-refractivity contribution in [2.45, 2.75) is 19.3 Å². The zero-order valence-corrected chi connectivity index (χ0v) is 9.93. The molecule has 1 aromatic carbocycles. The first-order chi connectivity index (χ1) is 8.16. The summed E-state index contributed by atoms with van der Waals surface area (Å²) in [6.07, 6.45) is 1.87. The van der Waals surface area contributed by atoms with Gasteiger partial charge in [0.15, 0.2) is 5.82 Å². The Balaban J connectivity index is 2.48. The highest BCUT2D eigenvalue weighted by atomic mass is 35.5. The molecule has 5 heteroatoms. The van der Waals surface area contributed by atoms with Crippen molar-refractivity contribution in [3.8, 4) is 6.07 Å². The fourth-order valence-electron chi connectivity index (χ4n) is 1.31. The Kier molecular flexibility index (Phi) is 5.44. The predicted octanol–water partition coefficient (Wildman–Crippen LogP) is 2.90. The molecule has 1 amide bonds. The van der Waals surface area contributed by atoms with Crippen molar-refractivity contribution in [1.29, 1.82) is 5.26 Å². The maximum atomic E-state index is 13.4. The number of carbonyl (C=O) groups excluding carboxylic acids is 1. The first kappa shape index (κ1) is 13.5. The number of amides is 1. The van der Waals surface area contributed by atoms with Crippen molar-refractivity contribution in [1.82, 2.24) is 5.32 Å². The summed E-state index contributed by atoms with van der Waals surface area (Å²) < 4.78 is 13.4. The number of unbranched alkanes of at least 4 members (excludes halogenated alkanes) is 2. The lowest BCUT2D eigenvalue weighted by atomic mass is 10.2. The van der Waals surface area contributed by atoms with Gasteiger partial charge in [0.25, 0.3) is 5.91 Å². The van der Waals surface area contributed by atoms with Gasteiger partial charge < -0.3 is 5.32 Å². The van der Waals surface area contributed by atoms with Crippen molar-refractivity contribution in [3.63, 3.8) is 0 Å². The van der Waals surface area contributed by atoms with Gasteiger partial charge in [0.1, 0.15) is 0 Å². The van der Waals surface area contributed by atoms with Gasteiger partial charge in [0, 0.05) is 13.0 Å². The number of hydrogen-bond acceptors (Lipinski definition) is 2. The second-order valence-electron chi connectivity index (χ2n) is 3.47. The molecule has 0 aliphatic heterocycles. The number of rotatable bonds is 5. The van der Waals surface area contributed by atoms with E-state index in [2.05, 4.69) is 5.32 Å². The van der Waals surface area contributed by atoms with Crippen LogP contribution in [0, 0.1) is 17.1 Å². The molecule has 0 aliphatic carbocycles. The molecule has 0 heterocycles. The Morgan fingerprint density at radius 1 is 1.47 bits per heavy atom. The van der Waals surface area contributed by atoms with E-state index in [4.69, 9.17) is 16.9 Å². The lowest BCUT2D eigenvalue weighted by molar-refractivity contribution is 0.0949. The van der Waals surface area contributed by atoms with E-state index in [0.29, 0.717) is 19.4 Å². The second-order valence-corrected chi connectivity index (χ2v) is 3.88. The Bertz CT molecular complexity index is 443. The Hall–Kier alpha value is -1.60. The van der Waals surface area contributed by atoms with Crippen LogP contribution in [0.3, 0.4) is 0 Å². The summed E-state index contributed by atoms with van der Waals surface area (Å²) in [6, 6.07) is 6.31. The third-order valence-corrected chi connectivity index (χ3v) is 2.49. The van der Waals surface area contributed by atoms with Crippen LogP contribution in [-0.2, 0) is 0 Å². The number of carbonyl (C=O) groups is 1. The zero-order chi connectivity index (χ0) is 12.7. The van der Waals surface area contributed by atoms with E-state index in [9.17, 15) is 9.18 Å². The highest BCUT2D eigenvalue weighted by Gasteiger charge is 2.12. The number of halogens is 2. The third-order valence-electron chi connectivity index (χ3n) is 2.20. The van der Waals surface area contributed by atoms with Crippen LogP contribution in [0.25, 0.3) is 0 Å². The first-order valence-corrected chi connectivity index (χ1v) is 5.63. The van der Waals surface area contributed by atoms with Crippen LogP contribution in [-0.4, -0.2) is 12.5 Å². The van der Waals surface area contributed by atoms with Crippen LogP contribution in [0.5, 0.6) is 0 Å². The van der Waals surface area contributed by atoms with Crippen LogP contribution in [0.4, 0.5) is 4.39 Å². The first-order valence-electron chi connectivity index (χ1n) is 5.26. The summed E-state index contributed by atoms with van der Waals surface area (Å²) >= 11 is 5.57. The van der Waals surface area contributed by atoms with E-state index < -0.39 is 11.7 Å². The Morgan fingerprint density at radius 3 is 2.94 bits per heavy atom. The van der Waals surface area contributed by atoms with Gasteiger partial charge in [-0.1, -0.05) is 17.7 Å². The monoisotopic (exact) mass is 254 g/mol. The normalized spacial score (nSPS) is 9.71. The second kappa shape index (κ2) is 6.87. The van der Waals surface area contributed by atoms with Gasteiger partial charge in [-0.15, -0.1) is 0 Å². The standard InChI is InChI=1S/C12H12ClFN2O/c13-10-6-4-5-9(11(10)14)12(17)16-8-3-1-2-7-15/h4-6H,1-3,8H2,(H,16,17). The van der Waals surface area contributed by atoms with Crippen molar-refractivity contribution < 1.29 is 9.18 Å². The lowest BCUT2D eigenvalue weighted by Gasteiger charge is -2.06.